The highest BCUT2D eigenvalue weighted by Gasteiger charge is 2.50. The van der Waals surface area contributed by atoms with E-state index >= 15 is 0 Å². The molecular weight excluding hydrogens is 364 g/mol. The highest BCUT2D eigenvalue weighted by molar-refractivity contribution is 6.22. The molecule has 5 heteroatoms. The maximum atomic E-state index is 12.9. The van der Waals surface area contributed by atoms with E-state index in [-0.39, 0.29) is 35.5 Å². The van der Waals surface area contributed by atoms with Crippen molar-refractivity contribution in [2.45, 2.75) is 27.2 Å². The summed E-state index contributed by atoms with van der Waals surface area (Å²) in [6, 6.07) is 12.4. The van der Waals surface area contributed by atoms with Crippen LogP contribution >= 0.6 is 0 Å². The fraction of sp³-hybridized carbons (Fsp3) is 0.292. The van der Waals surface area contributed by atoms with Crippen molar-refractivity contribution < 1.29 is 14.4 Å². The number of fused-ring (bicyclic) bond motifs is 1. The molecule has 4 rings (SSSR count). The summed E-state index contributed by atoms with van der Waals surface area (Å²) in [5, 5.41) is 2.93. The predicted octanol–water partition coefficient (Wildman–Crippen LogP) is 4.26. The van der Waals surface area contributed by atoms with Crippen molar-refractivity contribution in [3.05, 3.63) is 71.3 Å². The van der Waals surface area contributed by atoms with Crippen LogP contribution in [0.1, 0.15) is 34.8 Å². The number of benzene rings is 2. The molecule has 0 bridgehead atoms. The van der Waals surface area contributed by atoms with Gasteiger partial charge in [-0.15, -0.1) is 0 Å². The van der Waals surface area contributed by atoms with E-state index < -0.39 is 0 Å². The van der Waals surface area contributed by atoms with Gasteiger partial charge in [-0.2, -0.15) is 0 Å². The standard InChI is InChI=1S/C24H24N2O3/c1-14-6-5-9-20(16(14)3)25-22(27)17-10-12-18(13-11-17)26-23(28)19-8-4-7-15(2)21(19)24(26)29/h4-7,9-13,15,19,21H,8H2,1-3H3,(H,25,27)/t15-,19-,21-/m1/s1. The van der Waals surface area contributed by atoms with Crippen LogP contribution in [0.4, 0.5) is 11.4 Å². The number of imide groups is 1. The molecule has 0 radical (unpaired) electrons. The first-order valence-electron chi connectivity index (χ1n) is 9.90. The first-order valence-corrected chi connectivity index (χ1v) is 9.90. The Morgan fingerprint density at radius 2 is 1.76 bits per heavy atom. The highest BCUT2D eigenvalue weighted by atomic mass is 16.2. The lowest BCUT2D eigenvalue weighted by atomic mass is 9.78. The number of rotatable bonds is 3. The normalized spacial score (nSPS) is 23.3. The molecule has 0 aromatic heterocycles. The van der Waals surface area contributed by atoms with Crippen LogP contribution in [0.3, 0.4) is 0 Å². The third kappa shape index (κ3) is 3.27. The van der Waals surface area contributed by atoms with Gasteiger partial charge in [0.1, 0.15) is 0 Å². The van der Waals surface area contributed by atoms with Gasteiger partial charge < -0.3 is 5.32 Å². The fourth-order valence-electron chi connectivity index (χ4n) is 4.24. The Morgan fingerprint density at radius 3 is 2.45 bits per heavy atom. The number of carbonyl (C=O) groups is 3. The fourth-order valence-corrected chi connectivity index (χ4v) is 4.24. The third-order valence-corrected chi connectivity index (χ3v) is 6.11. The summed E-state index contributed by atoms with van der Waals surface area (Å²) in [6.07, 6.45) is 4.60. The second kappa shape index (κ2) is 7.32. The van der Waals surface area contributed by atoms with Crippen molar-refractivity contribution in [2.24, 2.45) is 17.8 Å². The Hall–Kier alpha value is -3.21. The lowest BCUT2D eigenvalue weighted by molar-refractivity contribution is -0.122. The summed E-state index contributed by atoms with van der Waals surface area (Å²) >= 11 is 0. The number of hydrogen-bond acceptors (Lipinski definition) is 3. The van der Waals surface area contributed by atoms with E-state index in [1.165, 1.54) is 4.90 Å². The van der Waals surface area contributed by atoms with Gasteiger partial charge >= 0.3 is 0 Å². The molecule has 1 fully saturated rings. The number of allylic oxidation sites excluding steroid dienone is 2. The number of amides is 3. The number of carbonyl (C=O) groups excluding carboxylic acids is 3. The minimum absolute atomic E-state index is 0.0535. The zero-order chi connectivity index (χ0) is 20.7. The predicted molar refractivity (Wildman–Crippen MR) is 113 cm³/mol. The van der Waals surface area contributed by atoms with Crippen LogP contribution in [0, 0.1) is 31.6 Å². The molecule has 29 heavy (non-hydrogen) atoms. The van der Waals surface area contributed by atoms with Crippen LogP contribution in [0.2, 0.25) is 0 Å². The van der Waals surface area contributed by atoms with Crippen molar-refractivity contribution in [2.75, 3.05) is 10.2 Å². The molecule has 5 nitrogen and oxygen atoms in total. The highest BCUT2D eigenvalue weighted by Crippen LogP contribution is 2.40. The van der Waals surface area contributed by atoms with Gasteiger partial charge in [-0.3, -0.25) is 19.3 Å². The van der Waals surface area contributed by atoms with E-state index in [0.29, 0.717) is 17.7 Å². The molecule has 0 unspecified atom stereocenters. The second-order valence-electron chi connectivity index (χ2n) is 7.92. The summed E-state index contributed by atoms with van der Waals surface area (Å²) in [7, 11) is 0. The molecule has 148 valence electrons. The number of aryl methyl sites for hydroxylation is 1. The maximum absolute atomic E-state index is 12.9. The average Bonchev–Trinajstić information content (AvgIpc) is 2.97. The maximum Gasteiger partial charge on any atom is 0.255 e. The van der Waals surface area contributed by atoms with E-state index in [9.17, 15) is 14.4 Å². The molecular formula is C24H24N2O3. The topological polar surface area (TPSA) is 66.5 Å². The monoisotopic (exact) mass is 388 g/mol. The molecule has 2 aliphatic rings. The van der Waals surface area contributed by atoms with E-state index in [4.69, 9.17) is 0 Å². The molecule has 1 aliphatic heterocycles. The van der Waals surface area contributed by atoms with Gasteiger partial charge in [0.05, 0.1) is 17.5 Å². The third-order valence-electron chi connectivity index (χ3n) is 6.11. The van der Waals surface area contributed by atoms with Crippen LogP contribution in [-0.2, 0) is 9.59 Å². The SMILES string of the molecule is Cc1cccc(NC(=O)c2ccc(N3C(=O)[C@@H]4[C@H](C)C=CC[C@H]4C3=O)cc2)c1C. The minimum atomic E-state index is -0.292. The number of anilines is 2. The van der Waals surface area contributed by atoms with Gasteiger partial charge in [0.25, 0.3) is 5.91 Å². The van der Waals surface area contributed by atoms with Crippen LogP contribution in [-0.4, -0.2) is 17.7 Å². The van der Waals surface area contributed by atoms with E-state index in [1.807, 2.05) is 51.1 Å². The molecule has 0 saturated carbocycles. The van der Waals surface area contributed by atoms with Crippen molar-refractivity contribution in [1.29, 1.82) is 0 Å². The Bertz CT molecular complexity index is 1020. The molecule has 1 heterocycles. The first-order chi connectivity index (χ1) is 13.9. The van der Waals surface area contributed by atoms with Gasteiger partial charge in [-0.25, -0.2) is 0 Å². The molecule has 2 aromatic carbocycles. The first kappa shape index (κ1) is 19.1. The molecule has 3 amide bonds. The Morgan fingerprint density at radius 1 is 1.03 bits per heavy atom. The smallest absolute Gasteiger partial charge is 0.255 e. The zero-order valence-corrected chi connectivity index (χ0v) is 16.8. The molecule has 1 N–H and O–H groups in total. The van der Waals surface area contributed by atoms with Crippen molar-refractivity contribution in [3.8, 4) is 0 Å². The van der Waals surface area contributed by atoms with Crippen molar-refractivity contribution in [1.82, 2.24) is 0 Å². The average molecular weight is 388 g/mol. The number of hydrogen-bond donors (Lipinski definition) is 1. The van der Waals surface area contributed by atoms with Crippen molar-refractivity contribution in [3.63, 3.8) is 0 Å². The summed E-state index contributed by atoms with van der Waals surface area (Å²) in [4.78, 5) is 39.6. The van der Waals surface area contributed by atoms with Gasteiger partial charge in [0.15, 0.2) is 0 Å². The Kier molecular flexibility index (Phi) is 4.82. The number of nitrogens with one attached hydrogen (secondary N) is 1. The van der Waals surface area contributed by atoms with Crippen LogP contribution in [0.5, 0.6) is 0 Å². The summed E-state index contributed by atoms with van der Waals surface area (Å²) < 4.78 is 0. The van der Waals surface area contributed by atoms with Gasteiger partial charge in [-0.1, -0.05) is 31.2 Å². The van der Waals surface area contributed by atoms with Crippen molar-refractivity contribution >= 4 is 29.1 Å². The summed E-state index contributed by atoms with van der Waals surface area (Å²) in [5.74, 6) is -1.04. The van der Waals surface area contributed by atoms with Gasteiger partial charge in [0, 0.05) is 11.3 Å². The Labute approximate surface area is 170 Å². The van der Waals surface area contributed by atoms with Crippen LogP contribution < -0.4 is 10.2 Å². The van der Waals surface area contributed by atoms with E-state index in [0.717, 1.165) is 16.8 Å². The van der Waals surface area contributed by atoms with Crippen LogP contribution in [0.15, 0.2) is 54.6 Å². The van der Waals surface area contributed by atoms with Gasteiger partial charge in [-0.05, 0) is 67.6 Å². The molecule has 3 atom stereocenters. The molecule has 2 aromatic rings. The largest absolute Gasteiger partial charge is 0.322 e. The molecule has 1 saturated heterocycles. The quantitative estimate of drug-likeness (QED) is 0.631. The number of nitrogens with zero attached hydrogens (tertiary/aromatic N) is 1. The molecule has 1 aliphatic carbocycles. The lowest BCUT2D eigenvalue weighted by Gasteiger charge is -2.22. The molecule has 0 spiro atoms. The van der Waals surface area contributed by atoms with Crippen LogP contribution in [0.25, 0.3) is 0 Å². The van der Waals surface area contributed by atoms with E-state index in [2.05, 4.69) is 5.32 Å². The van der Waals surface area contributed by atoms with Gasteiger partial charge in [0.2, 0.25) is 11.8 Å². The summed E-state index contributed by atoms with van der Waals surface area (Å²) in [5.41, 5.74) is 3.89. The zero-order valence-electron chi connectivity index (χ0n) is 16.8. The lowest BCUT2D eigenvalue weighted by Crippen LogP contribution is -2.31. The Balaban J connectivity index is 1.54. The van der Waals surface area contributed by atoms with E-state index in [1.54, 1.807) is 24.3 Å². The second-order valence-corrected chi connectivity index (χ2v) is 7.92. The summed E-state index contributed by atoms with van der Waals surface area (Å²) in [6.45, 7) is 5.94. The minimum Gasteiger partial charge on any atom is -0.322 e.